The van der Waals surface area contributed by atoms with Crippen LogP contribution in [0.3, 0.4) is 0 Å². The zero-order chi connectivity index (χ0) is 24.0. The van der Waals surface area contributed by atoms with Crippen LogP contribution in [0.4, 0.5) is 0 Å². The molecule has 0 aliphatic rings. The van der Waals surface area contributed by atoms with Gasteiger partial charge in [0.15, 0.2) is 6.61 Å². The average Bonchev–Trinajstić information content (AvgIpc) is 2.74. The number of nitrogens with zero attached hydrogens (tertiary/aromatic N) is 1. The summed E-state index contributed by atoms with van der Waals surface area (Å²) >= 11 is 18.5. The molecular weight excluding hydrogens is 471 g/mol. The molecule has 0 bridgehead atoms. The molecule has 2 amide bonds. The summed E-state index contributed by atoms with van der Waals surface area (Å²) in [5.74, 6) is -0.0389. The third-order valence-corrected chi connectivity index (χ3v) is 6.48. The van der Waals surface area contributed by atoms with E-state index >= 15 is 0 Å². The number of aryl methyl sites for hydroxylation is 2. The van der Waals surface area contributed by atoms with Gasteiger partial charge in [0.1, 0.15) is 11.8 Å². The van der Waals surface area contributed by atoms with Crippen molar-refractivity contribution < 1.29 is 14.3 Å². The van der Waals surface area contributed by atoms with Gasteiger partial charge in [-0.3, -0.25) is 9.59 Å². The minimum atomic E-state index is -0.722. The van der Waals surface area contributed by atoms with Crippen molar-refractivity contribution in [3.63, 3.8) is 0 Å². The third-order valence-electron chi connectivity index (χ3n) is 5.30. The summed E-state index contributed by atoms with van der Waals surface area (Å²) in [4.78, 5) is 27.4. The highest BCUT2D eigenvalue weighted by atomic mass is 35.5. The van der Waals surface area contributed by atoms with E-state index in [4.69, 9.17) is 39.5 Å². The lowest BCUT2D eigenvalue weighted by Crippen LogP contribution is -2.50. The van der Waals surface area contributed by atoms with Crippen molar-refractivity contribution in [3.05, 3.63) is 62.1 Å². The molecule has 0 radical (unpaired) electrons. The molecular formula is C24H29Cl3N2O3. The predicted octanol–water partition coefficient (Wildman–Crippen LogP) is 5.97. The van der Waals surface area contributed by atoms with E-state index in [9.17, 15) is 9.59 Å². The highest BCUT2D eigenvalue weighted by molar-refractivity contribution is 6.35. The minimum absolute atomic E-state index is 0.00251. The first-order valence-corrected chi connectivity index (χ1v) is 11.6. The zero-order valence-corrected chi connectivity index (χ0v) is 21.2. The van der Waals surface area contributed by atoms with E-state index in [0.717, 1.165) is 17.5 Å². The first kappa shape index (κ1) is 26.3. The molecule has 0 aromatic heterocycles. The van der Waals surface area contributed by atoms with Gasteiger partial charge in [-0.2, -0.15) is 0 Å². The predicted molar refractivity (Wildman–Crippen MR) is 131 cm³/mol. The maximum absolute atomic E-state index is 13.2. The number of carbonyl (C=O) groups is 2. The van der Waals surface area contributed by atoms with Crippen molar-refractivity contribution in [1.82, 2.24) is 10.2 Å². The van der Waals surface area contributed by atoms with E-state index in [1.54, 1.807) is 37.3 Å². The number of benzene rings is 2. The number of halogens is 3. The molecule has 2 aromatic rings. The Balaban J connectivity index is 2.23. The highest BCUT2D eigenvalue weighted by Crippen LogP contribution is 2.26. The number of amides is 2. The van der Waals surface area contributed by atoms with Gasteiger partial charge in [-0.1, -0.05) is 47.8 Å². The molecule has 0 fully saturated rings. The van der Waals surface area contributed by atoms with Crippen LogP contribution in [0.25, 0.3) is 0 Å². The largest absolute Gasteiger partial charge is 0.484 e. The van der Waals surface area contributed by atoms with Crippen LogP contribution < -0.4 is 10.1 Å². The van der Waals surface area contributed by atoms with Gasteiger partial charge >= 0.3 is 0 Å². The molecule has 0 saturated heterocycles. The Labute approximate surface area is 205 Å². The van der Waals surface area contributed by atoms with E-state index < -0.39 is 6.04 Å². The first-order chi connectivity index (χ1) is 15.0. The normalized spacial score (nSPS) is 12.8. The van der Waals surface area contributed by atoms with Crippen LogP contribution in [-0.4, -0.2) is 35.4 Å². The smallest absolute Gasteiger partial charge is 0.261 e. The van der Waals surface area contributed by atoms with Crippen molar-refractivity contribution in [2.24, 2.45) is 0 Å². The minimum Gasteiger partial charge on any atom is -0.484 e. The monoisotopic (exact) mass is 498 g/mol. The van der Waals surface area contributed by atoms with Crippen molar-refractivity contribution in [2.45, 2.75) is 59.7 Å². The number of hydrogen-bond donors (Lipinski definition) is 1. The topological polar surface area (TPSA) is 58.6 Å². The Bertz CT molecular complexity index is 958. The Morgan fingerprint density at radius 1 is 1.06 bits per heavy atom. The number of nitrogens with one attached hydrogen (secondary N) is 1. The van der Waals surface area contributed by atoms with Gasteiger partial charge in [-0.15, -0.1) is 0 Å². The van der Waals surface area contributed by atoms with Crippen LogP contribution in [0.5, 0.6) is 5.75 Å². The lowest BCUT2D eigenvalue weighted by Gasteiger charge is -2.30. The van der Waals surface area contributed by atoms with Crippen LogP contribution in [-0.2, 0) is 16.1 Å². The molecule has 0 heterocycles. The standard InChI is InChI=1S/C24H29Cl3N2O3/c1-6-16(4)28-24(31)17(5)29(12-18-7-8-19(25)11-21(18)26)22(30)13-32-20-9-14(2)23(27)15(3)10-20/h7-11,16-17H,6,12-13H2,1-5H3,(H,28,31). The van der Waals surface area contributed by atoms with Crippen LogP contribution in [0.2, 0.25) is 15.1 Å². The van der Waals surface area contributed by atoms with Crippen LogP contribution in [0, 0.1) is 13.8 Å². The second-order valence-electron chi connectivity index (χ2n) is 7.91. The maximum atomic E-state index is 13.2. The third kappa shape index (κ3) is 7.03. The molecule has 0 saturated carbocycles. The zero-order valence-electron chi connectivity index (χ0n) is 19.0. The van der Waals surface area contributed by atoms with E-state index in [2.05, 4.69) is 5.32 Å². The molecule has 1 N–H and O–H groups in total. The fourth-order valence-electron chi connectivity index (χ4n) is 3.10. The maximum Gasteiger partial charge on any atom is 0.261 e. The average molecular weight is 500 g/mol. The quantitative estimate of drug-likeness (QED) is 0.462. The number of carbonyl (C=O) groups excluding carboxylic acids is 2. The Morgan fingerprint density at radius 3 is 2.25 bits per heavy atom. The summed E-state index contributed by atoms with van der Waals surface area (Å²) in [5, 5.41) is 4.51. The number of hydrogen-bond acceptors (Lipinski definition) is 3. The Hall–Kier alpha value is -1.95. The van der Waals surface area contributed by atoms with Gasteiger partial charge in [0, 0.05) is 27.7 Å². The Kier molecular flexibility index (Phi) is 9.68. The highest BCUT2D eigenvalue weighted by Gasteiger charge is 2.27. The molecule has 0 aliphatic heterocycles. The molecule has 2 unspecified atom stereocenters. The second kappa shape index (κ2) is 11.8. The molecule has 0 spiro atoms. The molecule has 8 heteroatoms. The fraction of sp³-hybridized carbons (Fsp3) is 0.417. The van der Waals surface area contributed by atoms with E-state index in [1.807, 2.05) is 27.7 Å². The van der Waals surface area contributed by atoms with Crippen LogP contribution in [0.1, 0.15) is 43.9 Å². The van der Waals surface area contributed by atoms with Crippen molar-refractivity contribution in [3.8, 4) is 5.75 Å². The van der Waals surface area contributed by atoms with Gasteiger partial charge in [-0.05, 0) is 75.1 Å². The van der Waals surface area contributed by atoms with E-state index in [1.165, 1.54) is 4.90 Å². The summed E-state index contributed by atoms with van der Waals surface area (Å²) in [6.45, 7) is 9.26. The lowest BCUT2D eigenvalue weighted by molar-refractivity contribution is -0.142. The van der Waals surface area contributed by atoms with E-state index in [-0.39, 0.29) is 31.0 Å². The number of rotatable bonds is 9. The number of ether oxygens (including phenoxy) is 1. The van der Waals surface area contributed by atoms with Gasteiger partial charge in [0.2, 0.25) is 5.91 Å². The van der Waals surface area contributed by atoms with Gasteiger partial charge in [0.25, 0.3) is 5.91 Å². The molecule has 0 aliphatic carbocycles. The van der Waals surface area contributed by atoms with Gasteiger partial charge in [-0.25, -0.2) is 0 Å². The van der Waals surface area contributed by atoms with E-state index in [0.29, 0.717) is 26.4 Å². The molecule has 5 nitrogen and oxygen atoms in total. The Morgan fingerprint density at radius 2 is 1.69 bits per heavy atom. The van der Waals surface area contributed by atoms with Crippen molar-refractivity contribution in [2.75, 3.05) is 6.61 Å². The summed E-state index contributed by atoms with van der Waals surface area (Å²) in [7, 11) is 0. The van der Waals surface area contributed by atoms with Gasteiger partial charge in [0.05, 0.1) is 0 Å². The summed E-state index contributed by atoms with van der Waals surface area (Å²) in [6, 6.07) is 7.89. The molecule has 174 valence electrons. The lowest BCUT2D eigenvalue weighted by atomic mass is 10.1. The molecule has 2 aromatic carbocycles. The first-order valence-electron chi connectivity index (χ1n) is 10.5. The SMILES string of the molecule is CCC(C)NC(=O)C(C)N(Cc1ccc(Cl)cc1Cl)C(=O)COc1cc(C)c(Cl)c(C)c1. The second-order valence-corrected chi connectivity index (χ2v) is 9.13. The van der Waals surface area contributed by atoms with Crippen LogP contribution in [0.15, 0.2) is 30.3 Å². The summed E-state index contributed by atoms with van der Waals surface area (Å²) < 4.78 is 5.75. The van der Waals surface area contributed by atoms with Gasteiger partial charge < -0.3 is 15.0 Å². The van der Waals surface area contributed by atoms with Crippen molar-refractivity contribution in [1.29, 1.82) is 0 Å². The molecule has 32 heavy (non-hydrogen) atoms. The molecule has 2 rings (SSSR count). The molecule has 2 atom stereocenters. The summed E-state index contributed by atoms with van der Waals surface area (Å²) in [5.41, 5.74) is 2.41. The fourth-order valence-corrected chi connectivity index (χ4v) is 3.68. The van der Waals surface area contributed by atoms with Crippen molar-refractivity contribution >= 4 is 46.6 Å². The van der Waals surface area contributed by atoms with Crippen LogP contribution >= 0.6 is 34.8 Å². The summed E-state index contributed by atoms with van der Waals surface area (Å²) in [6.07, 6.45) is 0.786.